The predicted octanol–water partition coefficient (Wildman–Crippen LogP) is 2.76. The molecule has 1 aliphatic rings. The second-order valence-corrected chi connectivity index (χ2v) is 6.60. The third-order valence-corrected chi connectivity index (χ3v) is 4.91. The highest BCUT2D eigenvalue weighted by molar-refractivity contribution is 7.17. The molecular formula is C16H19N3O2S. The summed E-state index contributed by atoms with van der Waals surface area (Å²) >= 11 is 1.41. The van der Waals surface area contributed by atoms with Gasteiger partial charge in [0.25, 0.3) is 5.91 Å². The quantitative estimate of drug-likeness (QED) is 0.854. The lowest BCUT2D eigenvalue weighted by atomic mass is 10.2. The number of carbonyl (C=O) groups is 1. The van der Waals surface area contributed by atoms with Gasteiger partial charge in [0.05, 0.1) is 30.1 Å². The first kappa shape index (κ1) is 15.1. The zero-order valence-electron chi connectivity index (χ0n) is 12.9. The van der Waals surface area contributed by atoms with Crippen molar-refractivity contribution >= 4 is 17.2 Å². The van der Waals surface area contributed by atoms with Crippen LogP contribution < -0.4 is 0 Å². The van der Waals surface area contributed by atoms with Crippen molar-refractivity contribution < 1.29 is 9.53 Å². The molecular weight excluding hydrogens is 298 g/mol. The van der Waals surface area contributed by atoms with Gasteiger partial charge in [-0.05, 0) is 32.9 Å². The standard InChI is InChI=1S/C16H19N3O2S/c1-10-9-21-11(2)8-19(10)16(20)14-12(3)18-15(22-14)13-6-4-5-7-17-13/h4-7,10-11H,8-9H2,1-3H3. The average molecular weight is 317 g/mol. The molecule has 22 heavy (non-hydrogen) atoms. The number of pyridine rings is 1. The van der Waals surface area contributed by atoms with E-state index in [9.17, 15) is 4.79 Å². The minimum absolute atomic E-state index is 0.0415. The number of morpholine rings is 1. The number of aryl methyl sites for hydroxylation is 1. The number of ether oxygens (including phenoxy) is 1. The van der Waals surface area contributed by atoms with E-state index in [2.05, 4.69) is 9.97 Å². The highest BCUT2D eigenvalue weighted by atomic mass is 32.1. The molecule has 2 atom stereocenters. The molecule has 0 saturated carbocycles. The van der Waals surface area contributed by atoms with Gasteiger partial charge in [0.15, 0.2) is 0 Å². The Kier molecular flexibility index (Phi) is 4.22. The monoisotopic (exact) mass is 317 g/mol. The van der Waals surface area contributed by atoms with Gasteiger partial charge in [-0.3, -0.25) is 9.78 Å². The summed E-state index contributed by atoms with van der Waals surface area (Å²) < 4.78 is 5.60. The van der Waals surface area contributed by atoms with Crippen molar-refractivity contribution in [2.24, 2.45) is 0 Å². The first-order valence-electron chi connectivity index (χ1n) is 7.37. The maximum atomic E-state index is 12.8. The van der Waals surface area contributed by atoms with Gasteiger partial charge in [0.1, 0.15) is 9.88 Å². The number of hydrogen-bond acceptors (Lipinski definition) is 5. The van der Waals surface area contributed by atoms with Gasteiger partial charge in [-0.1, -0.05) is 6.07 Å². The summed E-state index contributed by atoms with van der Waals surface area (Å²) in [5.74, 6) is 0.0415. The fourth-order valence-corrected chi connectivity index (χ4v) is 3.51. The van der Waals surface area contributed by atoms with E-state index in [0.717, 1.165) is 16.4 Å². The van der Waals surface area contributed by atoms with Crippen molar-refractivity contribution in [1.29, 1.82) is 0 Å². The smallest absolute Gasteiger partial charge is 0.266 e. The number of nitrogens with zero attached hydrogens (tertiary/aromatic N) is 3. The first-order chi connectivity index (χ1) is 10.6. The van der Waals surface area contributed by atoms with Crippen LogP contribution in [0.2, 0.25) is 0 Å². The Morgan fingerprint density at radius 1 is 1.41 bits per heavy atom. The van der Waals surface area contributed by atoms with Crippen LogP contribution in [0.4, 0.5) is 0 Å². The van der Waals surface area contributed by atoms with Gasteiger partial charge >= 0.3 is 0 Å². The lowest BCUT2D eigenvalue weighted by Gasteiger charge is -2.36. The Balaban J connectivity index is 1.88. The number of hydrogen-bond donors (Lipinski definition) is 0. The molecule has 116 valence electrons. The lowest BCUT2D eigenvalue weighted by molar-refractivity contribution is -0.0385. The summed E-state index contributed by atoms with van der Waals surface area (Å²) in [6.07, 6.45) is 1.81. The van der Waals surface area contributed by atoms with Crippen molar-refractivity contribution in [3.63, 3.8) is 0 Å². The van der Waals surface area contributed by atoms with Crippen LogP contribution in [0.25, 0.3) is 10.7 Å². The molecule has 5 nitrogen and oxygen atoms in total. The summed E-state index contributed by atoms with van der Waals surface area (Å²) in [5.41, 5.74) is 1.57. The predicted molar refractivity (Wildman–Crippen MR) is 86.0 cm³/mol. The van der Waals surface area contributed by atoms with Gasteiger partial charge in [-0.2, -0.15) is 0 Å². The minimum atomic E-state index is 0.0415. The first-order valence-corrected chi connectivity index (χ1v) is 8.19. The van der Waals surface area contributed by atoms with Gasteiger partial charge in [-0.15, -0.1) is 11.3 Å². The summed E-state index contributed by atoms with van der Waals surface area (Å²) in [7, 11) is 0. The number of thiazole rings is 1. The Bertz CT molecular complexity index is 671. The van der Waals surface area contributed by atoms with Crippen molar-refractivity contribution in [1.82, 2.24) is 14.9 Å². The van der Waals surface area contributed by atoms with Gasteiger partial charge in [-0.25, -0.2) is 4.98 Å². The van der Waals surface area contributed by atoms with Crippen molar-refractivity contribution in [2.75, 3.05) is 13.2 Å². The summed E-state index contributed by atoms with van der Waals surface area (Å²) in [6.45, 7) is 7.09. The number of aromatic nitrogens is 2. The van der Waals surface area contributed by atoms with E-state index < -0.39 is 0 Å². The molecule has 2 aromatic rings. The van der Waals surface area contributed by atoms with Gasteiger partial charge < -0.3 is 9.64 Å². The summed E-state index contributed by atoms with van der Waals surface area (Å²) in [4.78, 5) is 24.2. The van der Waals surface area contributed by atoms with Crippen LogP contribution in [0.5, 0.6) is 0 Å². The molecule has 2 aromatic heterocycles. The van der Waals surface area contributed by atoms with Crippen molar-refractivity contribution in [3.05, 3.63) is 35.0 Å². The SMILES string of the molecule is Cc1nc(-c2ccccn2)sc1C(=O)N1CC(C)OCC1C. The lowest BCUT2D eigenvalue weighted by Crippen LogP contribution is -2.50. The molecule has 6 heteroatoms. The largest absolute Gasteiger partial charge is 0.375 e. The Morgan fingerprint density at radius 2 is 2.23 bits per heavy atom. The summed E-state index contributed by atoms with van der Waals surface area (Å²) in [5, 5.41) is 0.787. The van der Waals surface area contributed by atoms with E-state index in [4.69, 9.17) is 4.74 Å². The van der Waals surface area contributed by atoms with Gasteiger partial charge in [0, 0.05) is 12.7 Å². The molecule has 0 spiro atoms. The number of amides is 1. The average Bonchev–Trinajstić information content (AvgIpc) is 2.92. The van der Waals surface area contributed by atoms with Crippen LogP contribution in [0.15, 0.2) is 24.4 Å². The molecule has 0 aliphatic carbocycles. The molecule has 1 fully saturated rings. The van der Waals surface area contributed by atoms with E-state index in [1.54, 1.807) is 6.20 Å². The molecule has 3 rings (SSSR count). The second kappa shape index (κ2) is 6.14. The van der Waals surface area contributed by atoms with Crippen LogP contribution in [-0.4, -0.2) is 46.1 Å². The van der Waals surface area contributed by atoms with E-state index in [-0.39, 0.29) is 18.1 Å². The van der Waals surface area contributed by atoms with E-state index in [1.807, 2.05) is 43.9 Å². The molecule has 3 heterocycles. The van der Waals surface area contributed by atoms with Crippen LogP contribution >= 0.6 is 11.3 Å². The molecule has 1 aliphatic heterocycles. The molecule has 1 saturated heterocycles. The Labute approximate surface area is 134 Å². The van der Waals surface area contributed by atoms with Crippen LogP contribution in [0, 0.1) is 6.92 Å². The fraction of sp³-hybridized carbons (Fsp3) is 0.438. The number of carbonyl (C=O) groups excluding carboxylic acids is 1. The van der Waals surface area contributed by atoms with E-state index in [1.165, 1.54) is 11.3 Å². The second-order valence-electron chi connectivity index (χ2n) is 5.60. The normalized spacial score (nSPS) is 21.9. The maximum absolute atomic E-state index is 12.8. The fourth-order valence-electron chi connectivity index (χ4n) is 2.51. The summed E-state index contributed by atoms with van der Waals surface area (Å²) in [6, 6.07) is 5.79. The Hall–Kier alpha value is -1.79. The Morgan fingerprint density at radius 3 is 2.95 bits per heavy atom. The van der Waals surface area contributed by atoms with Crippen molar-refractivity contribution in [3.8, 4) is 10.7 Å². The van der Waals surface area contributed by atoms with E-state index in [0.29, 0.717) is 18.0 Å². The van der Waals surface area contributed by atoms with Crippen LogP contribution in [0.3, 0.4) is 0 Å². The molecule has 2 unspecified atom stereocenters. The van der Waals surface area contributed by atoms with Crippen LogP contribution in [0.1, 0.15) is 29.2 Å². The zero-order valence-corrected chi connectivity index (χ0v) is 13.8. The zero-order chi connectivity index (χ0) is 15.7. The number of rotatable bonds is 2. The molecule has 0 N–H and O–H groups in total. The van der Waals surface area contributed by atoms with E-state index >= 15 is 0 Å². The maximum Gasteiger partial charge on any atom is 0.266 e. The van der Waals surface area contributed by atoms with Gasteiger partial charge in [0.2, 0.25) is 0 Å². The molecule has 0 aromatic carbocycles. The third kappa shape index (κ3) is 2.89. The van der Waals surface area contributed by atoms with Crippen LogP contribution in [-0.2, 0) is 4.74 Å². The minimum Gasteiger partial charge on any atom is -0.375 e. The highest BCUT2D eigenvalue weighted by Crippen LogP contribution is 2.28. The van der Waals surface area contributed by atoms with Crippen molar-refractivity contribution in [2.45, 2.75) is 32.9 Å². The molecule has 0 bridgehead atoms. The topological polar surface area (TPSA) is 55.3 Å². The molecule has 1 amide bonds. The molecule has 0 radical (unpaired) electrons. The third-order valence-electron chi connectivity index (χ3n) is 3.74. The highest BCUT2D eigenvalue weighted by Gasteiger charge is 2.30.